The van der Waals surface area contributed by atoms with Crippen LogP contribution in [-0.2, 0) is 11.2 Å². The first-order valence-corrected chi connectivity index (χ1v) is 5.79. The average Bonchev–Trinajstić information content (AvgIpc) is 2.29. The zero-order chi connectivity index (χ0) is 12.8. The van der Waals surface area contributed by atoms with Crippen LogP contribution in [0.1, 0.15) is 18.2 Å². The van der Waals surface area contributed by atoms with Crippen LogP contribution in [0.25, 0.3) is 0 Å². The van der Waals surface area contributed by atoms with Crippen molar-refractivity contribution >= 4 is 5.95 Å². The molecule has 1 atom stereocenters. The van der Waals surface area contributed by atoms with Crippen molar-refractivity contribution in [3.05, 3.63) is 17.5 Å². The van der Waals surface area contributed by atoms with E-state index in [1.165, 1.54) is 0 Å². The number of likely N-dealkylation sites (N-methyl/N-ethyl adjacent to an activating group) is 1. The summed E-state index contributed by atoms with van der Waals surface area (Å²) in [7, 11) is 3.43. The second kappa shape index (κ2) is 6.51. The van der Waals surface area contributed by atoms with E-state index >= 15 is 0 Å². The molecule has 1 heterocycles. The molecule has 1 rings (SSSR count). The Morgan fingerprint density at radius 3 is 2.82 bits per heavy atom. The van der Waals surface area contributed by atoms with Crippen molar-refractivity contribution in [2.24, 2.45) is 0 Å². The predicted molar refractivity (Wildman–Crippen MR) is 67.3 cm³/mol. The molecule has 1 aromatic heterocycles. The van der Waals surface area contributed by atoms with Crippen LogP contribution in [0.2, 0.25) is 0 Å². The molecule has 0 saturated heterocycles. The number of aliphatic hydroxyl groups excluding tert-OH is 1. The van der Waals surface area contributed by atoms with Gasteiger partial charge in [-0.25, -0.2) is 9.97 Å². The lowest BCUT2D eigenvalue weighted by atomic mass is 10.2. The Morgan fingerprint density at radius 1 is 1.53 bits per heavy atom. The number of methoxy groups -OCH3 is 1. The molecule has 0 aliphatic heterocycles. The molecule has 0 spiro atoms. The van der Waals surface area contributed by atoms with Gasteiger partial charge in [-0.1, -0.05) is 6.92 Å². The van der Waals surface area contributed by atoms with Gasteiger partial charge in [-0.05, 0) is 18.9 Å². The van der Waals surface area contributed by atoms with E-state index in [-0.39, 0.29) is 0 Å². The van der Waals surface area contributed by atoms with Crippen LogP contribution in [0.3, 0.4) is 0 Å². The van der Waals surface area contributed by atoms with Gasteiger partial charge in [0.05, 0.1) is 12.7 Å². The van der Waals surface area contributed by atoms with E-state index in [1.54, 1.807) is 7.11 Å². The Morgan fingerprint density at radius 2 is 2.24 bits per heavy atom. The third-order valence-corrected chi connectivity index (χ3v) is 2.58. The van der Waals surface area contributed by atoms with E-state index in [9.17, 15) is 5.11 Å². The van der Waals surface area contributed by atoms with Gasteiger partial charge < -0.3 is 14.7 Å². The zero-order valence-corrected chi connectivity index (χ0v) is 11.0. The maximum Gasteiger partial charge on any atom is 0.225 e. The number of hydrogen-bond donors (Lipinski definition) is 1. The van der Waals surface area contributed by atoms with Gasteiger partial charge in [-0.15, -0.1) is 0 Å². The summed E-state index contributed by atoms with van der Waals surface area (Å²) in [6, 6.07) is 0. The first-order chi connectivity index (χ1) is 8.08. The number of rotatable bonds is 6. The van der Waals surface area contributed by atoms with Crippen molar-refractivity contribution in [2.75, 3.05) is 32.2 Å². The minimum Gasteiger partial charge on any atom is -0.389 e. The average molecular weight is 239 g/mol. The Hall–Kier alpha value is -1.20. The molecule has 0 aromatic carbocycles. The smallest absolute Gasteiger partial charge is 0.225 e. The monoisotopic (exact) mass is 239 g/mol. The van der Waals surface area contributed by atoms with Crippen molar-refractivity contribution in [1.29, 1.82) is 0 Å². The first-order valence-electron chi connectivity index (χ1n) is 5.79. The van der Waals surface area contributed by atoms with Crippen LogP contribution >= 0.6 is 0 Å². The Bertz CT molecular complexity index is 358. The number of aliphatic hydroxyl groups is 1. The molecule has 17 heavy (non-hydrogen) atoms. The molecule has 0 radical (unpaired) electrons. The molecule has 5 nitrogen and oxygen atoms in total. The predicted octanol–water partition coefficient (Wildman–Crippen LogP) is 0.791. The zero-order valence-electron chi connectivity index (χ0n) is 11.0. The third kappa shape index (κ3) is 3.94. The number of hydrogen-bond acceptors (Lipinski definition) is 5. The fourth-order valence-corrected chi connectivity index (χ4v) is 1.65. The van der Waals surface area contributed by atoms with Crippen molar-refractivity contribution in [3.63, 3.8) is 0 Å². The highest BCUT2D eigenvalue weighted by molar-refractivity contribution is 5.32. The Kier molecular flexibility index (Phi) is 5.31. The fourth-order valence-electron chi connectivity index (χ4n) is 1.65. The maximum absolute atomic E-state index is 9.64. The Labute approximate surface area is 102 Å². The van der Waals surface area contributed by atoms with Gasteiger partial charge in [-0.3, -0.25) is 0 Å². The number of nitrogens with zero attached hydrogens (tertiary/aromatic N) is 3. The highest BCUT2D eigenvalue weighted by Gasteiger charge is 2.11. The highest BCUT2D eigenvalue weighted by atomic mass is 16.5. The Balaban J connectivity index is 2.71. The number of aryl methyl sites for hydroxylation is 2. The van der Waals surface area contributed by atoms with Crippen molar-refractivity contribution < 1.29 is 9.84 Å². The highest BCUT2D eigenvalue weighted by Crippen LogP contribution is 2.10. The van der Waals surface area contributed by atoms with Crippen molar-refractivity contribution in [2.45, 2.75) is 26.4 Å². The van der Waals surface area contributed by atoms with Gasteiger partial charge in [0.2, 0.25) is 5.95 Å². The SMILES string of the molecule is CCc1nc(N(C)C[C@H](O)COC)ncc1C. The molecule has 0 aliphatic rings. The summed E-state index contributed by atoms with van der Waals surface area (Å²) >= 11 is 0. The molecule has 0 fully saturated rings. The summed E-state index contributed by atoms with van der Waals surface area (Å²) in [6.07, 6.45) is 2.18. The summed E-state index contributed by atoms with van der Waals surface area (Å²) in [5.74, 6) is 0.641. The topological polar surface area (TPSA) is 58.5 Å². The first kappa shape index (κ1) is 13.9. The summed E-state index contributed by atoms with van der Waals surface area (Å²) in [6.45, 7) is 4.85. The van der Waals surface area contributed by atoms with E-state index in [2.05, 4.69) is 16.9 Å². The normalized spacial score (nSPS) is 12.5. The van der Waals surface area contributed by atoms with Crippen LogP contribution in [0.5, 0.6) is 0 Å². The fraction of sp³-hybridized carbons (Fsp3) is 0.667. The van der Waals surface area contributed by atoms with Crippen LogP contribution in [0, 0.1) is 6.92 Å². The maximum atomic E-state index is 9.64. The largest absolute Gasteiger partial charge is 0.389 e. The molecule has 1 aromatic rings. The van der Waals surface area contributed by atoms with Gasteiger partial charge >= 0.3 is 0 Å². The van der Waals surface area contributed by atoms with Crippen LogP contribution < -0.4 is 4.90 Å². The van der Waals surface area contributed by atoms with E-state index in [4.69, 9.17) is 4.74 Å². The standard InChI is InChI=1S/C12H21N3O2/c1-5-11-9(2)6-13-12(14-11)15(3)7-10(16)8-17-4/h6,10,16H,5,7-8H2,1-4H3/t10-/m0/s1. The van der Waals surface area contributed by atoms with Gasteiger partial charge in [0, 0.05) is 32.6 Å². The van der Waals surface area contributed by atoms with E-state index < -0.39 is 6.10 Å². The van der Waals surface area contributed by atoms with E-state index in [0.29, 0.717) is 19.1 Å². The molecule has 1 N–H and O–H groups in total. The van der Waals surface area contributed by atoms with Gasteiger partial charge in [0.15, 0.2) is 0 Å². The molecular formula is C12H21N3O2. The lowest BCUT2D eigenvalue weighted by Gasteiger charge is -2.21. The van der Waals surface area contributed by atoms with Crippen molar-refractivity contribution in [3.8, 4) is 0 Å². The lowest BCUT2D eigenvalue weighted by molar-refractivity contribution is 0.0693. The van der Waals surface area contributed by atoms with Gasteiger partial charge in [-0.2, -0.15) is 0 Å². The molecule has 0 unspecified atom stereocenters. The third-order valence-electron chi connectivity index (χ3n) is 2.58. The summed E-state index contributed by atoms with van der Waals surface area (Å²) in [4.78, 5) is 10.6. The molecule has 0 aliphatic carbocycles. The summed E-state index contributed by atoms with van der Waals surface area (Å²) in [5.41, 5.74) is 2.14. The molecule has 0 amide bonds. The molecule has 0 saturated carbocycles. The molecule has 96 valence electrons. The summed E-state index contributed by atoms with van der Waals surface area (Å²) < 4.78 is 4.89. The molecule has 0 bridgehead atoms. The second-order valence-electron chi connectivity index (χ2n) is 4.14. The van der Waals surface area contributed by atoms with Gasteiger partial charge in [0.25, 0.3) is 0 Å². The minimum absolute atomic E-state index is 0.316. The van der Waals surface area contributed by atoms with E-state index in [1.807, 2.05) is 25.1 Å². The number of aromatic nitrogens is 2. The molecular weight excluding hydrogens is 218 g/mol. The number of anilines is 1. The van der Waals surface area contributed by atoms with Crippen LogP contribution in [-0.4, -0.2) is 48.5 Å². The van der Waals surface area contributed by atoms with Crippen LogP contribution in [0.4, 0.5) is 5.95 Å². The second-order valence-corrected chi connectivity index (χ2v) is 4.14. The van der Waals surface area contributed by atoms with Crippen LogP contribution in [0.15, 0.2) is 6.20 Å². The van der Waals surface area contributed by atoms with E-state index in [0.717, 1.165) is 17.7 Å². The quantitative estimate of drug-likeness (QED) is 0.795. The summed E-state index contributed by atoms with van der Waals surface area (Å²) in [5, 5.41) is 9.64. The molecule has 5 heteroatoms. The minimum atomic E-state index is -0.528. The lowest BCUT2D eigenvalue weighted by Crippen LogP contribution is -2.33. The van der Waals surface area contributed by atoms with Crippen molar-refractivity contribution in [1.82, 2.24) is 9.97 Å². The number of ether oxygens (including phenoxy) is 1. The van der Waals surface area contributed by atoms with Gasteiger partial charge in [0.1, 0.15) is 0 Å².